The number of fused-ring (bicyclic) bond motifs is 3. The van der Waals surface area contributed by atoms with Gasteiger partial charge in [-0.3, -0.25) is 9.48 Å². The zero-order valence-electron chi connectivity index (χ0n) is 19.7. The third-order valence-corrected chi connectivity index (χ3v) is 6.81. The second kappa shape index (κ2) is 10.2. The molecule has 1 aliphatic carbocycles. The van der Waals surface area contributed by atoms with E-state index in [-0.39, 0.29) is 12.5 Å². The van der Waals surface area contributed by atoms with Crippen molar-refractivity contribution in [2.45, 2.75) is 51.3 Å². The van der Waals surface area contributed by atoms with Gasteiger partial charge in [0, 0.05) is 35.9 Å². The average molecular weight is 461 g/mol. The number of para-hydroxylation sites is 1. The van der Waals surface area contributed by atoms with Crippen molar-refractivity contribution in [2.24, 2.45) is 0 Å². The fourth-order valence-electron chi connectivity index (χ4n) is 5.11. The standard InChI is InChI=1S/C27H32N4O3/c1-33-23-12-13-25-24(16-23)27-20(19-34-25)17-29-31(27)18-26(32)28-14-15-30(21-8-4-2-5-9-21)22-10-6-3-7-11-22/h2,4-5,8-9,12-13,16-17,22H,3,6-7,10-11,14-15,18-19H2,1H3,(H,28,32). The Morgan fingerprint density at radius 2 is 2.00 bits per heavy atom. The van der Waals surface area contributed by atoms with E-state index in [1.165, 1.54) is 37.8 Å². The van der Waals surface area contributed by atoms with Crippen LogP contribution in [0.15, 0.2) is 54.7 Å². The van der Waals surface area contributed by atoms with Gasteiger partial charge in [-0.25, -0.2) is 0 Å². The van der Waals surface area contributed by atoms with Gasteiger partial charge in [-0.05, 0) is 43.2 Å². The van der Waals surface area contributed by atoms with Crippen molar-refractivity contribution in [1.29, 1.82) is 0 Å². The molecule has 0 unspecified atom stereocenters. The summed E-state index contributed by atoms with van der Waals surface area (Å²) in [6, 6.07) is 16.8. The molecule has 3 aromatic rings. The lowest BCUT2D eigenvalue weighted by Gasteiger charge is -2.36. The lowest BCUT2D eigenvalue weighted by molar-refractivity contribution is -0.121. The first-order valence-corrected chi connectivity index (χ1v) is 12.2. The predicted octanol–water partition coefficient (Wildman–Crippen LogP) is 4.41. The zero-order valence-corrected chi connectivity index (χ0v) is 19.7. The number of hydrogen-bond donors (Lipinski definition) is 1. The number of hydrogen-bond acceptors (Lipinski definition) is 5. The Labute approximate surface area is 200 Å². The third-order valence-electron chi connectivity index (χ3n) is 6.81. The van der Waals surface area contributed by atoms with Crippen LogP contribution >= 0.6 is 0 Å². The van der Waals surface area contributed by atoms with E-state index < -0.39 is 0 Å². The maximum Gasteiger partial charge on any atom is 0.241 e. The summed E-state index contributed by atoms with van der Waals surface area (Å²) in [4.78, 5) is 15.3. The fraction of sp³-hybridized carbons (Fsp3) is 0.407. The number of nitrogens with zero attached hydrogens (tertiary/aromatic N) is 3. The number of carbonyl (C=O) groups is 1. The molecular weight excluding hydrogens is 428 g/mol. The Morgan fingerprint density at radius 3 is 2.79 bits per heavy atom. The summed E-state index contributed by atoms with van der Waals surface area (Å²) in [6.07, 6.45) is 8.09. The molecule has 7 nitrogen and oxygen atoms in total. The molecule has 0 radical (unpaired) electrons. The van der Waals surface area contributed by atoms with Gasteiger partial charge in [-0.1, -0.05) is 37.5 Å². The monoisotopic (exact) mass is 460 g/mol. The molecule has 34 heavy (non-hydrogen) atoms. The predicted molar refractivity (Wildman–Crippen MR) is 132 cm³/mol. The quantitative estimate of drug-likeness (QED) is 0.539. The number of ether oxygens (including phenoxy) is 2. The Morgan fingerprint density at radius 1 is 1.18 bits per heavy atom. The smallest absolute Gasteiger partial charge is 0.241 e. The molecule has 2 heterocycles. The summed E-state index contributed by atoms with van der Waals surface area (Å²) >= 11 is 0. The van der Waals surface area contributed by atoms with Crippen molar-refractivity contribution in [1.82, 2.24) is 15.1 Å². The Balaban J connectivity index is 1.24. The molecule has 0 bridgehead atoms. The largest absolute Gasteiger partial charge is 0.497 e. The SMILES string of the molecule is COc1ccc2c(c1)-c1c(cnn1CC(=O)NCCN(c1ccccc1)C1CCCCC1)CO2. The second-order valence-corrected chi connectivity index (χ2v) is 9.00. The minimum atomic E-state index is -0.0431. The first-order chi connectivity index (χ1) is 16.7. The number of rotatable bonds is 8. The van der Waals surface area contributed by atoms with Crippen LogP contribution in [0.25, 0.3) is 11.3 Å². The number of aromatic nitrogens is 2. The van der Waals surface area contributed by atoms with Crippen LogP contribution in [0.5, 0.6) is 11.5 Å². The van der Waals surface area contributed by atoms with Crippen LogP contribution in [-0.4, -0.2) is 41.9 Å². The number of benzene rings is 2. The van der Waals surface area contributed by atoms with Crippen molar-refractivity contribution >= 4 is 11.6 Å². The molecule has 5 rings (SSSR count). The molecule has 0 spiro atoms. The topological polar surface area (TPSA) is 68.6 Å². The van der Waals surface area contributed by atoms with Gasteiger partial charge in [0.2, 0.25) is 5.91 Å². The van der Waals surface area contributed by atoms with Crippen LogP contribution in [0.1, 0.15) is 37.7 Å². The molecule has 7 heteroatoms. The Hall–Kier alpha value is -3.48. The first kappa shape index (κ1) is 22.3. The average Bonchev–Trinajstić information content (AvgIpc) is 3.30. The summed E-state index contributed by atoms with van der Waals surface area (Å²) in [5, 5.41) is 7.60. The second-order valence-electron chi connectivity index (χ2n) is 9.00. The molecular formula is C27H32N4O3. The van der Waals surface area contributed by atoms with Crippen LogP contribution in [0.4, 0.5) is 5.69 Å². The first-order valence-electron chi connectivity index (χ1n) is 12.2. The molecule has 2 aromatic carbocycles. The fourth-order valence-corrected chi connectivity index (χ4v) is 5.11. The summed E-state index contributed by atoms with van der Waals surface area (Å²) in [5.41, 5.74) is 4.03. The number of carbonyl (C=O) groups excluding carboxylic acids is 1. The van der Waals surface area contributed by atoms with Gasteiger partial charge in [-0.15, -0.1) is 0 Å². The van der Waals surface area contributed by atoms with Gasteiger partial charge in [0.1, 0.15) is 24.7 Å². The minimum absolute atomic E-state index is 0.0431. The van der Waals surface area contributed by atoms with E-state index in [2.05, 4.69) is 39.6 Å². The number of anilines is 1. The van der Waals surface area contributed by atoms with E-state index in [0.717, 1.165) is 34.9 Å². The maximum atomic E-state index is 12.9. The summed E-state index contributed by atoms with van der Waals surface area (Å²) in [5.74, 6) is 1.48. The van der Waals surface area contributed by atoms with Crippen molar-refractivity contribution < 1.29 is 14.3 Å². The molecule has 1 aromatic heterocycles. The molecule has 1 saturated carbocycles. The van der Waals surface area contributed by atoms with Gasteiger partial charge < -0.3 is 19.7 Å². The van der Waals surface area contributed by atoms with Crippen LogP contribution in [0.3, 0.4) is 0 Å². The van der Waals surface area contributed by atoms with E-state index in [0.29, 0.717) is 19.2 Å². The Kier molecular flexibility index (Phi) is 6.70. The number of amides is 1. The van der Waals surface area contributed by atoms with Crippen LogP contribution in [0.2, 0.25) is 0 Å². The zero-order chi connectivity index (χ0) is 23.3. The molecule has 2 aliphatic rings. The normalized spacial score (nSPS) is 15.1. The summed E-state index contributed by atoms with van der Waals surface area (Å²) < 4.78 is 13.0. The molecule has 1 N–H and O–H groups in total. The molecule has 178 valence electrons. The minimum Gasteiger partial charge on any atom is -0.497 e. The highest BCUT2D eigenvalue weighted by Gasteiger charge is 2.24. The van der Waals surface area contributed by atoms with E-state index in [9.17, 15) is 4.79 Å². The van der Waals surface area contributed by atoms with Crippen molar-refractivity contribution in [2.75, 3.05) is 25.1 Å². The lowest BCUT2D eigenvalue weighted by atomic mass is 9.93. The van der Waals surface area contributed by atoms with Gasteiger partial charge in [0.05, 0.1) is 19.0 Å². The van der Waals surface area contributed by atoms with E-state index in [1.54, 1.807) is 18.0 Å². The summed E-state index contributed by atoms with van der Waals surface area (Å²) in [6.45, 7) is 2.01. The Bertz CT molecular complexity index is 1120. The van der Waals surface area contributed by atoms with Crippen molar-refractivity contribution in [3.8, 4) is 22.8 Å². The highest BCUT2D eigenvalue weighted by molar-refractivity contribution is 5.78. The van der Waals surface area contributed by atoms with Gasteiger partial charge in [-0.2, -0.15) is 5.10 Å². The highest BCUT2D eigenvalue weighted by atomic mass is 16.5. The number of nitrogens with one attached hydrogen (secondary N) is 1. The van der Waals surface area contributed by atoms with Gasteiger partial charge in [0.15, 0.2) is 0 Å². The van der Waals surface area contributed by atoms with Gasteiger partial charge in [0.25, 0.3) is 0 Å². The lowest BCUT2D eigenvalue weighted by Crippen LogP contribution is -2.42. The van der Waals surface area contributed by atoms with E-state index >= 15 is 0 Å². The van der Waals surface area contributed by atoms with Crippen LogP contribution < -0.4 is 19.7 Å². The van der Waals surface area contributed by atoms with Gasteiger partial charge >= 0.3 is 0 Å². The van der Waals surface area contributed by atoms with Crippen molar-refractivity contribution in [3.63, 3.8) is 0 Å². The third kappa shape index (κ3) is 4.74. The van der Waals surface area contributed by atoms with E-state index in [4.69, 9.17) is 9.47 Å². The molecule has 0 saturated heterocycles. The molecule has 1 fully saturated rings. The van der Waals surface area contributed by atoms with Crippen LogP contribution in [-0.2, 0) is 17.9 Å². The van der Waals surface area contributed by atoms with E-state index in [1.807, 2.05) is 24.3 Å². The van der Waals surface area contributed by atoms with Crippen molar-refractivity contribution in [3.05, 3.63) is 60.3 Å². The number of methoxy groups -OCH3 is 1. The molecule has 0 atom stereocenters. The summed E-state index contributed by atoms with van der Waals surface area (Å²) in [7, 11) is 1.64. The molecule has 1 amide bonds. The maximum absolute atomic E-state index is 12.9. The molecule has 1 aliphatic heterocycles. The van der Waals surface area contributed by atoms with Crippen LogP contribution in [0, 0.1) is 0 Å². The highest BCUT2D eigenvalue weighted by Crippen LogP contribution is 2.39.